The number of aromatic nitrogens is 1. The molecule has 1 aromatic carbocycles. The Hall–Kier alpha value is -2.61. The minimum absolute atomic E-state index is 0.251. The van der Waals surface area contributed by atoms with Crippen molar-refractivity contribution in [1.29, 1.82) is 0 Å². The third-order valence-electron chi connectivity index (χ3n) is 2.97. The average Bonchev–Trinajstić information content (AvgIpc) is 2.92. The molecule has 0 spiro atoms. The number of thiazole rings is 1. The highest BCUT2D eigenvalue weighted by molar-refractivity contribution is 7.19. The van der Waals surface area contributed by atoms with E-state index in [1.165, 1.54) is 11.3 Å². The zero-order valence-electron chi connectivity index (χ0n) is 14.5. The number of nitrogen functional groups attached to an aromatic ring is 1. The summed E-state index contributed by atoms with van der Waals surface area (Å²) in [6.07, 6.45) is -0.523. The van der Waals surface area contributed by atoms with Crippen LogP contribution in [0.1, 0.15) is 31.3 Å². The van der Waals surface area contributed by atoms with Crippen LogP contribution in [-0.2, 0) is 4.74 Å². The smallest absolute Gasteiger partial charge is 0.407 e. The number of anilines is 1. The monoisotopic (exact) mass is 362 g/mol. The van der Waals surface area contributed by atoms with Gasteiger partial charge in [0.15, 0.2) is 5.13 Å². The fourth-order valence-corrected chi connectivity index (χ4v) is 2.85. The number of rotatable bonds is 5. The van der Waals surface area contributed by atoms with Crippen LogP contribution in [0.5, 0.6) is 0 Å². The number of benzene rings is 1. The second-order valence-electron chi connectivity index (χ2n) is 6.28. The lowest BCUT2D eigenvalue weighted by atomic mass is 10.1. The van der Waals surface area contributed by atoms with Gasteiger partial charge in [-0.2, -0.15) is 0 Å². The topological polar surface area (TPSA) is 106 Å². The van der Waals surface area contributed by atoms with Crippen LogP contribution < -0.4 is 16.4 Å². The lowest BCUT2D eigenvalue weighted by Crippen LogP contribution is -2.38. The number of hydrogen-bond donors (Lipinski definition) is 3. The van der Waals surface area contributed by atoms with Gasteiger partial charge in [-0.15, -0.1) is 0 Å². The Bertz CT molecular complexity index is 738. The number of alkyl carbamates (subject to hydrolysis) is 1. The van der Waals surface area contributed by atoms with E-state index in [1.807, 2.05) is 30.3 Å². The Morgan fingerprint density at radius 1 is 1.16 bits per heavy atom. The van der Waals surface area contributed by atoms with Crippen molar-refractivity contribution in [2.75, 3.05) is 18.8 Å². The molecule has 0 radical (unpaired) electrons. The highest BCUT2D eigenvalue weighted by Gasteiger charge is 2.19. The second kappa shape index (κ2) is 7.98. The summed E-state index contributed by atoms with van der Waals surface area (Å²) >= 11 is 1.26. The molecule has 4 N–H and O–H groups in total. The first-order valence-corrected chi connectivity index (χ1v) is 8.64. The van der Waals surface area contributed by atoms with Crippen LogP contribution in [-0.4, -0.2) is 35.7 Å². The van der Waals surface area contributed by atoms with Crippen molar-refractivity contribution in [3.63, 3.8) is 0 Å². The molecule has 2 amide bonds. The number of amides is 2. The molecule has 0 unspecified atom stereocenters. The number of ether oxygens (including phenoxy) is 1. The largest absolute Gasteiger partial charge is 0.444 e. The van der Waals surface area contributed by atoms with E-state index in [4.69, 9.17) is 10.5 Å². The van der Waals surface area contributed by atoms with Gasteiger partial charge in [0.25, 0.3) is 5.91 Å². The Morgan fingerprint density at radius 3 is 2.44 bits per heavy atom. The second-order valence-corrected chi connectivity index (χ2v) is 7.31. The van der Waals surface area contributed by atoms with Crippen LogP contribution in [0.15, 0.2) is 30.3 Å². The van der Waals surface area contributed by atoms with Gasteiger partial charge in [-0.25, -0.2) is 9.78 Å². The van der Waals surface area contributed by atoms with Crippen molar-refractivity contribution in [1.82, 2.24) is 15.6 Å². The van der Waals surface area contributed by atoms with Gasteiger partial charge in [0, 0.05) is 13.1 Å². The summed E-state index contributed by atoms with van der Waals surface area (Å²) in [6.45, 7) is 5.86. The predicted octanol–water partition coefficient (Wildman–Crippen LogP) is 2.65. The van der Waals surface area contributed by atoms with Crippen molar-refractivity contribution < 1.29 is 14.3 Å². The summed E-state index contributed by atoms with van der Waals surface area (Å²) in [5, 5.41) is 5.63. The molecule has 134 valence electrons. The maximum absolute atomic E-state index is 12.4. The van der Waals surface area contributed by atoms with Crippen molar-refractivity contribution in [3.8, 4) is 10.4 Å². The normalized spacial score (nSPS) is 11.0. The first-order valence-electron chi connectivity index (χ1n) is 7.83. The standard InChI is InChI=1S/C17H22N4O3S/c1-17(2,3)24-16(23)20-10-9-19-14(22)12-13(25-15(18)21-12)11-7-5-4-6-8-11/h4-8H,9-10H2,1-3H3,(H2,18,21)(H,19,22)(H,20,23). The zero-order valence-corrected chi connectivity index (χ0v) is 15.3. The fourth-order valence-electron chi connectivity index (χ4n) is 2.01. The first-order chi connectivity index (χ1) is 11.8. The van der Waals surface area contributed by atoms with Crippen LogP contribution >= 0.6 is 11.3 Å². The Balaban J connectivity index is 1.91. The number of carbonyl (C=O) groups excluding carboxylic acids is 2. The van der Waals surface area contributed by atoms with Gasteiger partial charge in [0.05, 0.1) is 4.88 Å². The molecule has 0 saturated carbocycles. The Kier molecular flexibility index (Phi) is 5.97. The van der Waals surface area contributed by atoms with Crippen molar-refractivity contribution >= 4 is 28.5 Å². The molecular weight excluding hydrogens is 340 g/mol. The molecular formula is C17H22N4O3S. The maximum Gasteiger partial charge on any atom is 0.407 e. The lowest BCUT2D eigenvalue weighted by molar-refractivity contribution is 0.0526. The molecule has 1 aromatic heterocycles. The van der Waals surface area contributed by atoms with Crippen LogP contribution in [0.25, 0.3) is 10.4 Å². The number of nitrogens with zero attached hydrogens (tertiary/aromatic N) is 1. The third kappa shape index (κ3) is 5.75. The zero-order chi connectivity index (χ0) is 18.4. The van der Waals surface area contributed by atoms with Crippen LogP contribution in [0.2, 0.25) is 0 Å². The summed E-state index contributed by atoms with van der Waals surface area (Å²) in [5.41, 5.74) is 6.37. The molecule has 7 nitrogen and oxygen atoms in total. The Labute approximate surface area is 150 Å². The molecule has 0 aliphatic rings. The minimum atomic E-state index is -0.559. The summed E-state index contributed by atoms with van der Waals surface area (Å²) < 4.78 is 5.12. The maximum atomic E-state index is 12.4. The molecule has 1 heterocycles. The van der Waals surface area contributed by atoms with Gasteiger partial charge in [-0.05, 0) is 26.3 Å². The highest BCUT2D eigenvalue weighted by Crippen LogP contribution is 2.31. The minimum Gasteiger partial charge on any atom is -0.444 e. The fraction of sp³-hybridized carbons (Fsp3) is 0.353. The Morgan fingerprint density at radius 2 is 1.80 bits per heavy atom. The molecule has 0 fully saturated rings. The van der Waals surface area contributed by atoms with E-state index in [0.29, 0.717) is 5.13 Å². The van der Waals surface area contributed by atoms with Gasteiger partial charge in [0.2, 0.25) is 0 Å². The van der Waals surface area contributed by atoms with E-state index < -0.39 is 11.7 Å². The van der Waals surface area contributed by atoms with E-state index >= 15 is 0 Å². The van der Waals surface area contributed by atoms with Crippen molar-refractivity contribution in [2.45, 2.75) is 26.4 Å². The molecule has 2 rings (SSSR count). The van der Waals surface area contributed by atoms with Gasteiger partial charge in [-0.1, -0.05) is 41.7 Å². The molecule has 8 heteroatoms. The molecule has 2 aromatic rings. The molecule has 25 heavy (non-hydrogen) atoms. The van der Waals surface area contributed by atoms with Crippen molar-refractivity contribution in [3.05, 3.63) is 36.0 Å². The van der Waals surface area contributed by atoms with Gasteiger partial charge in [-0.3, -0.25) is 4.79 Å². The summed E-state index contributed by atoms with van der Waals surface area (Å²) in [4.78, 5) is 28.7. The number of hydrogen-bond acceptors (Lipinski definition) is 6. The van der Waals surface area contributed by atoms with Crippen molar-refractivity contribution in [2.24, 2.45) is 0 Å². The van der Waals surface area contributed by atoms with Gasteiger partial charge in [0.1, 0.15) is 11.3 Å². The van der Waals surface area contributed by atoms with E-state index in [1.54, 1.807) is 20.8 Å². The lowest BCUT2D eigenvalue weighted by Gasteiger charge is -2.19. The molecule has 0 aliphatic heterocycles. The van der Waals surface area contributed by atoms with E-state index in [2.05, 4.69) is 15.6 Å². The molecule has 0 saturated heterocycles. The molecule has 0 aliphatic carbocycles. The van der Waals surface area contributed by atoms with Gasteiger partial charge >= 0.3 is 6.09 Å². The summed E-state index contributed by atoms with van der Waals surface area (Å²) in [7, 11) is 0. The predicted molar refractivity (Wildman–Crippen MR) is 98.5 cm³/mol. The van der Waals surface area contributed by atoms with E-state index in [-0.39, 0.29) is 24.7 Å². The summed E-state index contributed by atoms with van der Waals surface area (Å²) in [5.74, 6) is -0.335. The summed E-state index contributed by atoms with van der Waals surface area (Å²) in [6, 6.07) is 9.47. The van der Waals surface area contributed by atoms with E-state index in [9.17, 15) is 9.59 Å². The van der Waals surface area contributed by atoms with Gasteiger partial charge < -0.3 is 21.1 Å². The van der Waals surface area contributed by atoms with E-state index in [0.717, 1.165) is 10.4 Å². The average molecular weight is 362 g/mol. The highest BCUT2D eigenvalue weighted by atomic mass is 32.1. The number of nitrogens with two attached hydrogens (primary N) is 1. The SMILES string of the molecule is CC(C)(C)OC(=O)NCCNC(=O)c1nc(N)sc1-c1ccccc1. The number of nitrogens with one attached hydrogen (secondary N) is 2. The van der Waals surface area contributed by atoms with Crippen LogP contribution in [0.4, 0.5) is 9.93 Å². The third-order valence-corrected chi connectivity index (χ3v) is 3.91. The van der Waals surface area contributed by atoms with Crippen LogP contribution in [0, 0.1) is 0 Å². The molecule has 0 bridgehead atoms. The quantitative estimate of drug-likeness (QED) is 0.709. The number of carbonyl (C=O) groups is 2. The first kappa shape index (κ1) is 18.7. The molecule has 0 atom stereocenters. The van der Waals surface area contributed by atoms with Crippen LogP contribution in [0.3, 0.4) is 0 Å².